The highest BCUT2D eigenvalue weighted by Gasteiger charge is 2.26. The second kappa shape index (κ2) is 5.24. The van der Waals surface area contributed by atoms with Crippen molar-refractivity contribution in [1.82, 2.24) is 9.62 Å². The zero-order valence-electron chi connectivity index (χ0n) is 9.56. The average molecular weight is 286 g/mol. The molecule has 1 aromatic carbocycles. The van der Waals surface area contributed by atoms with Gasteiger partial charge < -0.3 is 5.32 Å². The maximum absolute atomic E-state index is 12.3. The Kier molecular flexibility index (Phi) is 3.88. The van der Waals surface area contributed by atoms with Crippen molar-refractivity contribution in [2.75, 3.05) is 26.2 Å². The fourth-order valence-electron chi connectivity index (χ4n) is 1.78. The summed E-state index contributed by atoms with van der Waals surface area (Å²) in [4.78, 5) is 0.116. The van der Waals surface area contributed by atoms with Gasteiger partial charge in [-0.2, -0.15) is 9.57 Å². The second-order valence-corrected chi connectivity index (χ2v) is 6.25. The number of hydrogen-bond donors (Lipinski definition) is 1. The molecule has 0 atom stereocenters. The van der Waals surface area contributed by atoms with Crippen molar-refractivity contribution in [1.29, 1.82) is 5.26 Å². The van der Waals surface area contributed by atoms with Crippen molar-refractivity contribution in [2.45, 2.75) is 4.90 Å². The number of piperazine rings is 1. The maximum atomic E-state index is 12.3. The van der Waals surface area contributed by atoms with E-state index in [1.807, 2.05) is 6.07 Å². The van der Waals surface area contributed by atoms with Gasteiger partial charge in [-0.05, 0) is 18.2 Å². The smallest absolute Gasteiger partial charge is 0.243 e. The van der Waals surface area contributed by atoms with Gasteiger partial charge in [0, 0.05) is 26.2 Å². The zero-order chi connectivity index (χ0) is 13.2. The molecule has 0 aliphatic carbocycles. The highest BCUT2D eigenvalue weighted by molar-refractivity contribution is 7.89. The minimum Gasteiger partial charge on any atom is -0.314 e. The lowest BCUT2D eigenvalue weighted by Crippen LogP contribution is -2.46. The van der Waals surface area contributed by atoms with E-state index in [9.17, 15) is 8.42 Å². The highest BCUT2D eigenvalue weighted by atomic mass is 35.5. The highest BCUT2D eigenvalue weighted by Crippen LogP contribution is 2.22. The number of sulfonamides is 1. The minimum atomic E-state index is -3.53. The third-order valence-electron chi connectivity index (χ3n) is 2.77. The largest absolute Gasteiger partial charge is 0.314 e. The van der Waals surface area contributed by atoms with Gasteiger partial charge in [0.2, 0.25) is 10.0 Å². The van der Waals surface area contributed by atoms with Crippen molar-refractivity contribution in [3.63, 3.8) is 0 Å². The van der Waals surface area contributed by atoms with E-state index < -0.39 is 10.0 Å². The topological polar surface area (TPSA) is 73.2 Å². The van der Waals surface area contributed by atoms with E-state index in [4.69, 9.17) is 16.9 Å². The molecule has 2 rings (SSSR count). The molecule has 1 aliphatic rings. The van der Waals surface area contributed by atoms with E-state index in [0.717, 1.165) is 0 Å². The lowest BCUT2D eigenvalue weighted by atomic mass is 10.2. The molecule has 1 fully saturated rings. The van der Waals surface area contributed by atoms with Crippen LogP contribution in [0.15, 0.2) is 23.1 Å². The molecule has 0 spiro atoms. The Morgan fingerprint density at radius 3 is 2.61 bits per heavy atom. The van der Waals surface area contributed by atoms with Gasteiger partial charge in [-0.25, -0.2) is 8.42 Å². The summed E-state index contributed by atoms with van der Waals surface area (Å²) in [5.74, 6) is 0. The van der Waals surface area contributed by atoms with Gasteiger partial charge in [-0.1, -0.05) is 11.6 Å². The van der Waals surface area contributed by atoms with Crippen LogP contribution < -0.4 is 5.32 Å². The first kappa shape index (κ1) is 13.3. The number of rotatable bonds is 2. The first-order chi connectivity index (χ1) is 8.55. The Labute approximate surface area is 111 Å². The monoisotopic (exact) mass is 285 g/mol. The predicted molar refractivity (Wildman–Crippen MR) is 67.8 cm³/mol. The quantitative estimate of drug-likeness (QED) is 0.872. The van der Waals surface area contributed by atoms with E-state index in [2.05, 4.69) is 5.32 Å². The summed E-state index contributed by atoms with van der Waals surface area (Å²) in [6, 6.07) is 6.07. The van der Waals surface area contributed by atoms with Crippen LogP contribution in [0.1, 0.15) is 5.56 Å². The standard InChI is InChI=1S/C11H12ClN3O2S/c12-11-2-1-10(7-9(11)8-13)18(16,17)15-5-3-14-4-6-15/h1-2,7,14H,3-6H2. The second-order valence-electron chi connectivity index (χ2n) is 3.91. The predicted octanol–water partition coefficient (Wildman–Crippen LogP) is 0.806. The van der Waals surface area contributed by atoms with Crippen LogP contribution in [0.2, 0.25) is 5.02 Å². The van der Waals surface area contributed by atoms with Crippen LogP contribution in [0.25, 0.3) is 0 Å². The lowest BCUT2D eigenvalue weighted by Gasteiger charge is -2.26. The molecule has 1 N–H and O–H groups in total. The molecule has 1 aliphatic heterocycles. The zero-order valence-corrected chi connectivity index (χ0v) is 11.1. The van der Waals surface area contributed by atoms with Gasteiger partial charge in [0.25, 0.3) is 0 Å². The molecule has 18 heavy (non-hydrogen) atoms. The van der Waals surface area contributed by atoms with Crippen molar-refractivity contribution in [3.8, 4) is 6.07 Å². The fourth-order valence-corrected chi connectivity index (χ4v) is 3.41. The van der Waals surface area contributed by atoms with Crippen LogP contribution >= 0.6 is 11.6 Å². The fraction of sp³-hybridized carbons (Fsp3) is 0.364. The number of nitriles is 1. The molecule has 0 radical (unpaired) electrons. The van der Waals surface area contributed by atoms with Crippen molar-refractivity contribution in [3.05, 3.63) is 28.8 Å². The van der Waals surface area contributed by atoms with Crippen LogP contribution in [0.4, 0.5) is 0 Å². The van der Waals surface area contributed by atoms with Gasteiger partial charge in [0.15, 0.2) is 0 Å². The minimum absolute atomic E-state index is 0.116. The number of benzene rings is 1. The van der Waals surface area contributed by atoms with E-state index >= 15 is 0 Å². The number of nitrogens with zero attached hydrogens (tertiary/aromatic N) is 2. The molecule has 0 saturated carbocycles. The lowest BCUT2D eigenvalue weighted by molar-refractivity contribution is 0.360. The third kappa shape index (κ3) is 2.49. The number of hydrogen-bond acceptors (Lipinski definition) is 4. The van der Waals surface area contributed by atoms with Gasteiger partial charge >= 0.3 is 0 Å². The molecular formula is C11H12ClN3O2S. The van der Waals surface area contributed by atoms with E-state index in [-0.39, 0.29) is 15.5 Å². The first-order valence-corrected chi connectivity index (χ1v) is 7.28. The van der Waals surface area contributed by atoms with Crippen molar-refractivity contribution in [2.24, 2.45) is 0 Å². The number of nitrogens with one attached hydrogen (secondary N) is 1. The van der Waals surface area contributed by atoms with Gasteiger partial charge in [-0.3, -0.25) is 0 Å². The van der Waals surface area contributed by atoms with E-state index in [1.165, 1.54) is 22.5 Å². The molecule has 0 aromatic heterocycles. The normalized spacial score (nSPS) is 17.3. The molecule has 5 nitrogen and oxygen atoms in total. The summed E-state index contributed by atoms with van der Waals surface area (Å²) in [7, 11) is -3.53. The molecule has 96 valence electrons. The van der Waals surface area contributed by atoms with Crippen LogP contribution in [-0.2, 0) is 10.0 Å². The summed E-state index contributed by atoms with van der Waals surface area (Å²) >= 11 is 5.79. The van der Waals surface area contributed by atoms with Crippen LogP contribution in [0, 0.1) is 11.3 Å². The molecule has 1 aromatic rings. The molecule has 0 amide bonds. The summed E-state index contributed by atoms with van der Waals surface area (Å²) in [5, 5.41) is 12.2. The Morgan fingerprint density at radius 2 is 2.00 bits per heavy atom. The molecule has 0 bridgehead atoms. The average Bonchev–Trinajstić information content (AvgIpc) is 2.40. The molecule has 1 heterocycles. The molecule has 7 heteroatoms. The SMILES string of the molecule is N#Cc1cc(S(=O)(=O)N2CCNCC2)ccc1Cl. The molecule has 1 saturated heterocycles. The number of halogens is 1. The maximum Gasteiger partial charge on any atom is 0.243 e. The van der Waals surface area contributed by atoms with E-state index in [0.29, 0.717) is 26.2 Å². The van der Waals surface area contributed by atoms with Gasteiger partial charge in [-0.15, -0.1) is 0 Å². The third-order valence-corrected chi connectivity index (χ3v) is 5.00. The Morgan fingerprint density at radius 1 is 1.33 bits per heavy atom. The van der Waals surface area contributed by atoms with Gasteiger partial charge in [0.1, 0.15) is 6.07 Å². The van der Waals surface area contributed by atoms with Crippen molar-refractivity contribution >= 4 is 21.6 Å². The molecular weight excluding hydrogens is 274 g/mol. The van der Waals surface area contributed by atoms with E-state index in [1.54, 1.807) is 0 Å². The summed E-state index contributed by atoms with van der Waals surface area (Å²) in [6.45, 7) is 2.15. The van der Waals surface area contributed by atoms with Gasteiger partial charge in [0.05, 0.1) is 15.5 Å². The Hall–Kier alpha value is -1.13. The summed E-state index contributed by atoms with van der Waals surface area (Å²) < 4.78 is 26.0. The molecule has 0 unspecified atom stereocenters. The first-order valence-electron chi connectivity index (χ1n) is 5.46. The Balaban J connectivity index is 2.38. The van der Waals surface area contributed by atoms with Crippen LogP contribution in [-0.4, -0.2) is 38.9 Å². The summed E-state index contributed by atoms with van der Waals surface area (Å²) in [6.07, 6.45) is 0. The van der Waals surface area contributed by atoms with Crippen LogP contribution in [0.5, 0.6) is 0 Å². The Bertz CT molecular complexity index is 589. The van der Waals surface area contributed by atoms with Crippen molar-refractivity contribution < 1.29 is 8.42 Å². The summed E-state index contributed by atoms with van der Waals surface area (Å²) in [5.41, 5.74) is 0.174. The van der Waals surface area contributed by atoms with Crippen LogP contribution in [0.3, 0.4) is 0 Å².